The fraction of sp³-hybridized carbons (Fsp3) is 0.258. The van der Waals surface area contributed by atoms with E-state index in [0.29, 0.717) is 33.7 Å². The molecule has 0 unspecified atom stereocenters. The topological polar surface area (TPSA) is 133 Å². The zero-order chi connectivity index (χ0) is 31.5. The predicted octanol–water partition coefficient (Wildman–Crippen LogP) is 5.18. The van der Waals surface area contributed by atoms with Crippen LogP contribution in [-0.2, 0) is 9.53 Å². The Morgan fingerprint density at radius 1 is 1.09 bits per heavy atom. The van der Waals surface area contributed by atoms with E-state index in [4.69, 9.17) is 26.4 Å². The first kappa shape index (κ1) is 30.4. The number of nitrogens with one attached hydrogen (secondary N) is 2. The second-order valence-electron chi connectivity index (χ2n) is 10.1. The molecule has 1 saturated heterocycles. The number of aromatic nitrogens is 2. The van der Waals surface area contributed by atoms with E-state index >= 15 is 0 Å². The lowest BCUT2D eigenvalue weighted by Gasteiger charge is -2.29. The molecule has 0 saturated carbocycles. The third-order valence-electron chi connectivity index (χ3n) is 7.52. The van der Waals surface area contributed by atoms with Gasteiger partial charge in [0.25, 0.3) is 5.69 Å². The molecule has 2 atom stereocenters. The van der Waals surface area contributed by atoms with Crippen molar-refractivity contribution in [2.24, 2.45) is 0 Å². The number of ether oxygens (including phenoxy) is 3. The number of hydrogen-bond acceptors (Lipinski definition) is 8. The highest BCUT2D eigenvalue weighted by atomic mass is 32.1. The maximum Gasteiger partial charge on any atom is 0.296 e. The molecule has 4 aromatic rings. The number of aryl methyl sites for hydroxylation is 1. The van der Waals surface area contributed by atoms with Gasteiger partial charge in [0.15, 0.2) is 5.11 Å². The monoisotopic (exact) mass is 616 g/mol. The molecule has 3 heterocycles. The molecule has 0 radical (unpaired) electrons. The molecule has 228 valence electrons. The van der Waals surface area contributed by atoms with Crippen LogP contribution >= 0.6 is 12.2 Å². The zero-order valence-electron chi connectivity index (χ0n) is 24.9. The Kier molecular flexibility index (Phi) is 8.78. The molecule has 2 aromatic carbocycles. The number of rotatable bonds is 10. The first-order valence-electron chi connectivity index (χ1n) is 13.7. The van der Waals surface area contributed by atoms with Crippen molar-refractivity contribution in [1.82, 2.24) is 14.9 Å². The van der Waals surface area contributed by atoms with Crippen molar-refractivity contribution in [3.05, 3.63) is 99.6 Å². The second-order valence-corrected chi connectivity index (χ2v) is 10.5. The first-order chi connectivity index (χ1) is 21.2. The number of methoxy groups -OCH3 is 3. The van der Waals surface area contributed by atoms with Gasteiger partial charge in [-0.1, -0.05) is 6.07 Å². The zero-order valence-corrected chi connectivity index (χ0v) is 25.7. The Labute approximate surface area is 259 Å². The van der Waals surface area contributed by atoms with Gasteiger partial charge in [0.05, 0.1) is 48.7 Å². The highest BCUT2D eigenvalue weighted by molar-refractivity contribution is 7.80. The Balaban J connectivity index is 1.68. The lowest BCUT2D eigenvalue weighted by atomic mass is 9.96. The predicted molar refractivity (Wildman–Crippen MR) is 170 cm³/mol. The van der Waals surface area contributed by atoms with E-state index in [1.54, 1.807) is 30.5 Å². The number of thiocarbonyl (C=S) groups is 1. The van der Waals surface area contributed by atoms with Crippen molar-refractivity contribution in [3.8, 4) is 17.2 Å². The van der Waals surface area contributed by atoms with Crippen molar-refractivity contribution in [3.63, 3.8) is 0 Å². The Morgan fingerprint density at radius 3 is 2.55 bits per heavy atom. The lowest BCUT2D eigenvalue weighted by Crippen LogP contribution is -2.29. The van der Waals surface area contributed by atoms with E-state index in [1.807, 2.05) is 53.6 Å². The summed E-state index contributed by atoms with van der Waals surface area (Å²) >= 11 is 5.91. The van der Waals surface area contributed by atoms with Crippen molar-refractivity contribution in [1.29, 1.82) is 0 Å². The maximum atomic E-state index is 12.4. The molecule has 1 aliphatic heterocycles. The number of anilines is 2. The van der Waals surface area contributed by atoms with Crippen LogP contribution < -0.4 is 25.0 Å². The van der Waals surface area contributed by atoms with Gasteiger partial charge in [-0.05, 0) is 80.2 Å². The van der Waals surface area contributed by atoms with Gasteiger partial charge < -0.3 is 34.3 Å². The fourth-order valence-electron chi connectivity index (χ4n) is 5.63. The van der Waals surface area contributed by atoms with Gasteiger partial charge in [-0.2, -0.15) is 0 Å². The molecule has 1 aliphatic rings. The number of amides is 1. The highest BCUT2D eigenvalue weighted by Gasteiger charge is 2.42. The maximum absolute atomic E-state index is 12.4. The molecular weight excluding hydrogens is 584 g/mol. The van der Waals surface area contributed by atoms with E-state index in [9.17, 15) is 14.9 Å². The molecule has 5 rings (SSSR count). The molecule has 44 heavy (non-hydrogen) atoms. The van der Waals surface area contributed by atoms with Gasteiger partial charge in [0, 0.05) is 30.4 Å². The lowest BCUT2D eigenvalue weighted by molar-refractivity contribution is -0.384. The third-order valence-corrected chi connectivity index (χ3v) is 7.83. The summed E-state index contributed by atoms with van der Waals surface area (Å²) < 4.78 is 17.6. The average molecular weight is 617 g/mol. The number of nitro benzene ring substituents is 1. The Hall–Kier alpha value is -5.01. The number of nitrogens with zero attached hydrogens (tertiary/aromatic N) is 4. The van der Waals surface area contributed by atoms with E-state index < -0.39 is 11.0 Å². The summed E-state index contributed by atoms with van der Waals surface area (Å²) in [6.45, 7) is 3.71. The molecule has 0 aliphatic carbocycles. The molecule has 2 aromatic heterocycles. The van der Waals surface area contributed by atoms with Crippen LogP contribution in [0.2, 0.25) is 0 Å². The summed E-state index contributed by atoms with van der Waals surface area (Å²) in [4.78, 5) is 30.7. The van der Waals surface area contributed by atoms with Crippen LogP contribution in [0.25, 0.3) is 5.69 Å². The molecular formula is C31H32N6O6S. The smallest absolute Gasteiger partial charge is 0.296 e. The minimum Gasteiger partial charge on any atom is -0.496 e. The summed E-state index contributed by atoms with van der Waals surface area (Å²) in [5.74, 6) is 0.527. The molecule has 1 fully saturated rings. The second kappa shape index (κ2) is 12.7. The molecule has 0 spiro atoms. The van der Waals surface area contributed by atoms with Crippen molar-refractivity contribution >= 4 is 40.3 Å². The summed E-state index contributed by atoms with van der Waals surface area (Å²) in [6.07, 6.45) is 1.72. The number of carbonyl (C=O) groups is 1. The average Bonchev–Trinajstić information content (AvgIpc) is 3.51. The summed E-state index contributed by atoms with van der Waals surface area (Å²) in [5, 5.41) is 18.8. The third kappa shape index (κ3) is 5.66. The van der Waals surface area contributed by atoms with Gasteiger partial charge in [0.1, 0.15) is 23.8 Å². The van der Waals surface area contributed by atoms with Crippen molar-refractivity contribution < 1.29 is 23.9 Å². The summed E-state index contributed by atoms with van der Waals surface area (Å²) in [7, 11) is 4.44. The van der Waals surface area contributed by atoms with Crippen LogP contribution in [0, 0.1) is 24.0 Å². The van der Waals surface area contributed by atoms with Crippen LogP contribution in [0.1, 0.15) is 34.7 Å². The fourth-order valence-corrected chi connectivity index (χ4v) is 5.98. The van der Waals surface area contributed by atoms with Gasteiger partial charge in [-0.25, -0.2) is 0 Å². The number of nitro groups is 1. The van der Waals surface area contributed by atoms with Gasteiger partial charge >= 0.3 is 0 Å². The van der Waals surface area contributed by atoms with Gasteiger partial charge in [-0.15, -0.1) is 0 Å². The molecule has 12 nitrogen and oxygen atoms in total. The number of carbonyl (C=O) groups excluding carboxylic acids is 1. The normalized spacial score (nSPS) is 16.0. The van der Waals surface area contributed by atoms with Crippen LogP contribution in [-0.4, -0.2) is 53.4 Å². The van der Waals surface area contributed by atoms with Crippen molar-refractivity contribution in [2.75, 3.05) is 38.2 Å². The van der Waals surface area contributed by atoms with E-state index in [0.717, 1.165) is 22.6 Å². The summed E-state index contributed by atoms with van der Waals surface area (Å²) in [6, 6.07) is 17.1. The first-order valence-corrected chi connectivity index (χ1v) is 14.1. The molecule has 13 heteroatoms. The number of pyridine rings is 1. The molecule has 1 amide bonds. The highest BCUT2D eigenvalue weighted by Crippen LogP contribution is 2.45. The Morgan fingerprint density at radius 2 is 1.89 bits per heavy atom. The largest absolute Gasteiger partial charge is 0.496 e. The Bertz CT molecular complexity index is 1730. The van der Waals surface area contributed by atoms with Crippen molar-refractivity contribution in [2.45, 2.75) is 25.9 Å². The van der Waals surface area contributed by atoms with Crippen LogP contribution in [0.4, 0.5) is 17.1 Å². The number of benzene rings is 2. The van der Waals surface area contributed by atoms with Gasteiger partial charge in [-0.3, -0.25) is 19.9 Å². The molecule has 2 N–H and O–H groups in total. The van der Waals surface area contributed by atoms with Crippen LogP contribution in [0.15, 0.2) is 66.9 Å². The van der Waals surface area contributed by atoms with Gasteiger partial charge in [0.2, 0.25) is 5.91 Å². The van der Waals surface area contributed by atoms with E-state index in [1.165, 1.54) is 27.4 Å². The number of hydrogen-bond donors (Lipinski definition) is 2. The minimum atomic E-state index is -0.414. The van der Waals surface area contributed by atoms with Crippen LogP contribution in [0.3, 0.4) is 0 Å². The van der Waals surface area contributed by atoms with Crippen LogP contribution in [0.5, 0.6) is 11.5 Å². The quantitative estimate of drug-likeness (QED) is 0.140. The summed E-state index contributed by atoms with van der Waals surface area (Å²) in [5.41, 5.74) is 4.72. The standard InChI is InChI=1S/C31H32N6O6S/c1-18-14-22(19(2)35(18)25-11-10-21(42-4)16-26(25)37(39)40)30-29(23-8-6-7-13-32-23)34-31(44)36(30)20-9-12-27(43-5)24(15-20)33-28(38)17-41-3/h6-16,29-30H,17H2,1-5H3,(H,33,38)(H,34,44)/t29-,30-/m1/s1. The minimum absolute atomic E-state index is 0.0810. The van der Waals surface area contributed by atoms with E-state index in [2.05, 4.69) is 15.6 Å². The van der Waals surface area contributed by atoms with E-state index in [-0.39, 0.29) is 24.2 Å². The SMILES string of the molecule is COCC(=O)Nc1cc(N2C(=S)N[C@H](c3ccccn3)[C@H]2c2cc(C)n(-c3ccc(OC)cc3[N+](=O)[O-])c2C)ccc1OC. The molecule has 0 bridgehead atoms.